The van der Waals surface area contributed by atoms with Crippen molar-refractivity contribution in [1.82, 2.24) is 5.32 Å². The molecule has 0 unspecified atom stereocenters. The van der Waals surface area contributed by atoms with Crippen LogP contribution in [0.2, 0.25) is 0 Å². The molecule has 0 aromatic rings. The van der Waals surface area contributed by atoms with Crippen LogP contribution in [0.1, 0.15) is 0 Å². The SMILES string of the molecule is Cl.O=C1CSCN1. The first kappa shape index (κ1) is 7.11. The zero-order valence-corrected chi connectivity index (χ0v) is 5.27. The zero-order chi connectivity index (χ0) is 4.41. The minimum atomic E-state index is 0. The summed E-state index contributed by atoms with van der Waals surface area (Å²) in [5.41, 5.74) is 0. The number of thioether (sulfide) groups is 1. The lowest BCUT2D eigenvalue weighted by molar-refractivity contribution is -0.117. The van der Waals surface area contributed by atoms with Crippen LogP contribution in [0.4, 0.5) is 0 Å². The van der Waals surface area contributed by atoms with Crippen molar-refractivity contribution >= 4 is 30.1 Å². The standard InChI is InChI=1S/C3H5NOS.ClH/c5-3-1-6-2-4-3;/h1-2H2,(H,4,5);1H. The summed E-state index contributed by atoms with van der Waals surface area (Å²) in [6.45, 7) is 0. The molecule has 1 amide bonds. The molecule has 1 N–H and O–H groups in total. The number of amides is 1. The van der Waals surface area contributed by atoms with Crippen molar-refractivity contribution in [1.29, 1.82) is 0 Å². The molecule has 0 bridgehead atoms. The maximum absolute atomic E-state index is 10.1. The first-order valence-corrected chi connectivity index (χ1v) is 2.89. The number of carbonyl (C=O) groups excluding carboxylic acids is 1. The molecule has 0 atom stereocenters. The van der Waals surface area contributed by atoms with E-state index in [0.29, 0.717) is 5.75 Å². The smallest absolute Gasteiger partial charge is 0.230 e. The van der Waals surface area contributed by atoms with Gasteiger partial charge in [-0.15, -0.1) is 24.2 Å². The Labute approximate surface area is 52.5 Å². The van der Waals surface area contributed by atoms with Gasteiger partial charge in [-0.1, -0.05) is 0 Å². The van der Waals surface area contributed by atoms with Crippen LogP contribution in [0, 0.1) is 0 Å². The summed E-state index contributed by atoms with van der Waals surface area (Å²) in [5, 5.41) is 2.64. The van der Waals surface area contributed by atoms with Crippen molar-refractivity contribution in [3.63, 3.8) is 0 Å². The molecular weight excluding hydrogens is 134 g/mol. The third kappa shape index (κ3) is 2.04. The number of hydrogen-bond donors (Lipinski definition) is 1. The van der Waals surface area contributed by atoms with Gasteiger partial charge in [0.1, 0.15) is 0 Å². The topological polar surface area (TPSA) is 29.1 Å². The summed E-state index contributed by atoms with van der Waals surface area (Å²) in [5.74, 6) is 1.62. The molecule has 1 saturated heterocycles. The van der Waals surface area contributed by atoms with Gasteiger partial charge in [-0.25, -0.2) is 0 Å². The van der Waals surface area contributed by atoms with Crippen molar-refractivity contribution in [3.8, 4) is 0 Å². The summed E-state index contributed by atoms with van der Waals surface area (Å²) in [4.78, 5) is 10.1. The molecule has 0 aromatic carbocycles. The fourth-order valence-corrected chi connectivity index (χ4v) is 0.979. The van der Waals surface area contributed by atoms with Gasteiger partial charge >= 0.3 is 0 Å². The Hall–Kier alpha value is 0.110. The van der Waals surface area contributed by atoms with Crippen LogP contribution >= 0.6 is 24.2 Å². The molecule has 1 heterocycles. The van der Waals surface area contributed by atoms with Crippen molar-refractivity contribution in [2.45, 2.75) is 0 Å². The van der Waals surface area contributed by atoms with E-state index < -0.39 is 0 Å². The second-order valence-corrected chi connectivity index (χ2v) is 2.08. The predicted molar refractivity (Wildman–Crippen MR) is 32.7 cm³/mol. The van der Waals surface area contributed by atoms with E-state index in [2.05, 4.69) is 5.32 Å². The zero-order valence-electron chi connectivity index (χ0n) is 3.64. The van der Waals surface area contributed by atoms with Gasteiger partial charge in [0.2, 0.25) is 5.91 Å². The summed E-state index contributed by atoms with van der Waals surface area (Å²) in [6.07, 6.45) is 0. The second kappa shape index (κ2) is 3.16. The predicted octanol–water partition coefficient (Wildman–Crippen LogP) is 0.229. The Kier molecular flexibility index (Phi) is 3.21. The van der Waals surface area contributed by atoms with Crippen molar-refractivity contribution in [2.24, 2.45) is 0 Å². The molecule has 4 heteroatoms. The molecule has 1 rings (SSSR count). The van der Waals surface area contributed by atoms with Crippen molar-refractivity contribution in [3.05, 3.63) is 0 Å². The molecular formula is C3H6ClNOS. The number of hydrogen-bond acceptors (Lipinski definition) is 2. The van der Waals surface area contributed by atoms with Gasteiger partial charge in [0.05, 0.1) is 11.6 Å². The minimum Gasteiger partial charge on any atom is -0.346 e. The van der Waals surface area contributed by atoms with Crippen LogP contribution in [0.15, 0.2) is 0 Å². The summed E-state index contributed by atoms with van der Waals surface area (Å²) < 4.78 is 0. The Bertz CT molecular complexity index is 69.3. The highest BCUT2D eigenvalue weighted by molar-refractivity contribution is 8.00. The minimum absolute atomic E-state index is 0. The van der Waals surface area contributed by atoms with E-state index in [1.165, 1.54) is 0 Å². The van der Waals surface area contributed by atoms with Crippen LogP contribution in [0.25, 0.3) is 0 Å². The fourth-order valence-electron chi connectivity index (χ4n) is 0.326. The van der Waals surface area contributed by atoms with Crippen molar-refractivity contribution < 1.29 is 4.79 Å². The van der Waals surface area contributed by atoms with Crippen LogP contribution in [0.3, 0.4) is 0 Å². The van der Waals surface area contributed by atoms with E-state index >= 15 is 0 Å². The van der Waals surface area contributed by atoms with E-state index in [4.69, 9.17) is 0 Å². The Morgan fingerprint density at radius 3 is 2.57 bits per heavy atom. The lowest BCUT2D eigenvalue weighted by Crippen LogP contribution is -2.14. The Morgan fingerprint density at radius 2 is 2.43 bits per heavy atom. The number of rotatable bonds is 0. The number of nitrogens with one attached hydrogen (secondary N) is 1. The molecule has 1 aliphatic rings. The van der Waals surface area contributed by atoms with E-state index in [-0.39, 0.29) is 18.3 Å². The molecule has 0 aliphatic carbocycles. The summed E-state index contributed by atoms with van der Waals surface area (Å²) >= 11 is 1.62. The molecule has 0 saturated carbocycles. The lowest BCUT2D eigenvalue weighted by Gasteiger charge is -1.78. The van der Waals surface area contributed by atoms with E-state index in [0.717, 1.165) is 5.88 Å². The fraction of sp³-hybridized carbons (Fsp3) is 0.667. The normalized spacial score (nSPS) is 18.0. The molecule has 0 spiro atoms. The van der Waals surface area contributed by atoms with E-state index in [9.17, 15) is 4.79 Å². The average molecular weight is 140 g/mol. The highest BCUT2D eigenvalue weighted by Crippen LogP contribution is 2.01. The van der Waals surface area contributed by atoms with Crippen molar-refractivity contribution in [2.75, 3.05) is 11.6 Å². The quantitative estimate of drug-likeness (QED) is 0.521. The largest absolute Gasteiger partial charge is 0.346 e. The van der Waals surface area contributed by atoms with Crippen LogP contribution in [0.5, 0.6) is 0 Å². The van der Waals surface area contributed by atoms with E-state index in [1.807, 2.05) is 0 Å². The monoisotopic (exact) mass is 139 g/mol. The first-order chi connectivity index (χ1) is 2.89. The first-order valence-electron chi connectivity index (χ1n) is 1.74. The van der Waals surface area contributed by atoms with Crippen LogP contribution < -0.4 is 5.32 Å². The molecule has 2 nitrogen and oxygen atoms in total. The molecule has 0 aromatic heterocycles. The third-order valence-corrected chi connectivity index (χ3v) is 1.42. The Morgan fingerprint density at radius 1 is 1.71 bits per heavy atom. The highest BCUT2D eigenvalue weighted by Gasteiger charge is 2.05. The summed E-state index contributed by atoms with van der Waals surface area (Å²) in [6, 6.07) is 0. The maximum Gasteiger partial charge on any atom is 0.230 e. The maximum atomic E-state index is 10.1. The highest BCUT2D eigenvalue weighted by atomic mass is 35.5. The lowest BCUT2D eigenvalue weighted by atomic mass is 10.7. The van der Waals surface area contributed by atoms with Gasteiger partial charge in [0.25, 0.3) is 0 Å². The van der Waals surface area contributed by atoms with Gasteiger partial charge in [-0.2, -0.15) is 0 Å². The molecule has 0 radical (unpaired) electrons. The second-order valence-electron chi connectivity index (χ2n) is 1.09. The number of carbonyl (C=O) groups is 1. The van der Waals surface area contributed by atoms with Gasteiger partial charge in [-0.05, 0) is 0 Å². The van der Waals surface area contributed by atoms with Gasteiger partial charge in [0.15, 0.2) is 0 Å². The Balaban J connectivity index is 0.000000360. The van der Waals surface area contributed by atoms with Crippen LogP contribution in [-0.2, 0) is 4.79 Å². The van der Waals surface area contributed by atoms with Crippen LogP contribution in [-0.4, -0.2) is 17.5 Å². The molecule has 7 heavy (non-hydrogen) atoms. The molecule has 42 valence electrons. The van der Waals surface area contributed by atoms with Gasteiger partial charge in [-0.3, -0.25) is 4.79 Å². The molecule has 1 fully saturated rings. The summed E-state index contributed by atoms with van der Waals surface area (Å²) in [7, 11) is 0. The van der Waals surface area contributed by atoms with Gasteiger partial charge in [0, 0.05) is 0 Å². The third-order valence-electron chi connectivity index (χ3n) is 0.605. The van der Waals surface area contributed by atoms with Gasteiger partial charge < -0.3 is 5.32 Å². The average Bonchev–Trinajstić information content (AvgIpc) is 1.86. The van der Waals surface area contributed by atoms with E-state index in [1.54, 1.807) is 11.8 Å². The molecule has 1 aliphatic heterocycles. The number of halogens is 1.